The SMILES string of the molecule is CCc1nsc(Sc2cccc(F)c2CNC2CC2)n1. The van der Waals surface area contributed by atoms with Crippen LogP contribution >= 0.6 is 23.3 Å². The fourth-order valence-corrected chi connectivity index (χ4v) is 3.67. The summed E-state index contributed by atoms with van der Waals surface area (Å²) in [6.07, 6.45) is 3.23. The van der Waals surface area contributed by atoms with E-state index in [1.807, 2.05) is 13.0 Å². The lowest BCUT2D eigenvalue weighted by Gasteiger charge is -2.09. The van der Waals surface area contributed by atoms with Gasteiger partial charge in [0.2, 0.25) is 0 Å². The number of nitrogens with zero attached hydrogens (tertiary/aromatic N) is 2. The molecule has 0 bridgehead atoms. The zero-order valence-corrected chi connectivity index (χ0v) is 12.9. The van der Waals surface area contributed by atoms with Gasteiger partial charge in [0, 0.05) is 29.5 Å². The molecule has 1 aromatic carbocycles. The van der Waals surface area contributed by atoms with Crippen molar-refractivity contribution in [2.75, 3.05) is 0 Å². The highest BCUT2D eigenvalue weighted by Crippen LogP contribution is 2.33. The molecule has 0 atom stereocenters. The molecule has 0 unspecified atom stereocenters. The van der Waals surface area contributed by atoms with Crippen molar-refractivity contribution in [3.8, 4) is 0 Å². The van der Waals surface area contributed by atoms with Gasteiger partial charge in [0.15, 0.2) is 4.34 Å². The fraction of sp³-hybridized carbons (Fsp3) is 0.429. The second-order valence-electron chi connectivity index (χ2n) is 4.80. The summed E-state index contributed by atoms with van der Waals surface area (Å²) in [6, 6.07) is 5.79. The molecule has 0 amide bonds. The average molecular weight is 309 g/mol. The van der Waals surface area contributed by atoms with Crippen molar-refractivity contribution in [2.24, 2.45) is 0 Å². The van der Waals surface area contributed by atoms with Gasteiger partial charge in [-0.2, -0.15) is 4.37 Å². The Morgan fingerprint density at radius 1 is 1.45 bits per heavy atom. The van der Waals surface area contributed by atoms with Gasteiger partial charge in [-0.3, -0.25) is 0 Å². The Kier molecular flexibility index (Phi) is 4.33. The summed E-state index contributed by atoms with van der Waals surface area (Å²) in [7, 11) is 0. The van der Waals surface area contributed by atoms with Gasteiger partial charge < -0.3 is 5.32 Å². The number of hydrogen-bond acceptors (Lipinski definition) is 5. The molecule has 0 radical (unpaired) electrons. The van der Waals surface area contributed by atoms with E-state index >= 15 is 0 Å². The Balaban J connectivity index is 1.78. The van der Waals surface area contributed by atoms with Crippen molar-refractivity contribution >= 4 is 23.3 Å². The van der Waals surface area contributed by atoms with Crippen molar-refractivity contribution in [1.82, 2.24) is 14.7 Å². The molecule has 106 valence electrons. The van der Waals surface area contributed by atoms with E-state index in [9.17, 15) is 4.39 Å². The summed E-state index contributed by atoms with van der Waals surface area (Å²) in [5, 5.41) is 3.37. The first kappa shape index (κ1) is 14.0. The van der Waals surface area contributed by atoms with Crippen LogP contribution in [0.4, 0.5) is 4.39 Å². The molecule has 6 heteroatoms. The Bertz CT molecular complexity index is 596. The number of aromatic nitrogens is 2. The van der Waals surface area contributed by atoms with E-state index in [0.29, 0.717) is 12.6 Å². The van der Waals surface area contributed by atoms with Crippen LogP contribution in [0.3, 0.4) is 0 Å². The van der Waals surface area contributed by atoms with E-state index in [-0.39, 0.29) is 5.82 Å². The van der Waals surface area contributed by atoms with Gasteiger partial charge in [-0.1, -0.05) is 24.8 Å². The predicted molar refractivity (Wildman–Crippen MR) is 79.7 cm³/mol. The smallest absolute Gasteiger partial charge is 0.174 e. The minimum atomic E-state index is -0.150. The molecule has 2 aromatic rings. The molecule has 1 heterocycles. The van der Waals surface area contributed by atoms with E-state index in [2.05, 4.69) is 14.7 Å². The zero-order valence-electron chi connectivity index (χ0n) is 11.2. The molecule has 1 aliphatic rings. The minimum Gasteiger partial charge on any atom is -0.310 e. The number of halogens is 1. The van der Waals surface area contributed by atoms with E-state index in [0.717, 1.165) is 27.0 Å². The molecule has 1 fully saturated rings. The third kappa shape index (κ3) is 3.37. The predicted octanol–water partition coefficient (Wildman–Crippen LogP) is 3.64. The molecule has 1 saturated carbocycles. The second-order valence-corrected chi connectivity index (χ2v) is 6.84. The largest absolute Gasteiger partial charge is 0.310 e. The van der Waals surface area contributed by atoms with Crippen LogP contribution in [0.2, 0.25) is 0 Å². The van der Waals surface area contributed by atoms with Gasteiger partial charge in [0.1, 0.15) is 11.6 Å². The molecule has 1 N–H and O–H groups in total. The zero-order chi connectivity index (χ0) is 13.9. The summed E-state index contributed by atoms with van der Waals surface area (Å²) >= 11 is 2.88. The first-order valence-electron chi connectivity index (χ1n) is 6.77. The molecule has 1 aromatic heterocycles. The number of rotatable bonds is 6. The van der Waals surface area contributed by atoms with Crippen LogP contribution < -0.4 is 5.32 Å². The highest BCUT2D eigenvalue weighted by Gasteiger charge is 2.21. The number of benzene rings is 1. The quantitative estimate of drug-likeness (QED) is 0.884. The maximum absolute atomic E-state index is 14.0. The van der Waals surface area contributed by atoms with E-state index in [1.54, 1.807) is 6.07 Å². The second kappa shape index (κ2) is 6.20. The van der Waals surface area contributed by atoms with Gasteiger partial charge in [-0.05, 0) is 36.5 Å². The Morgan fingerprint density at radius 2 is 2.30 bits per heavy atom. The Hall–Kier alpha value is -0.980. The van der Waals surface area contributed by atoms with Crippen LogP contribution in [0.5, 0.6) is 0 Å². The number of hydrogen-bond donors (Lipinski definition) is 1. The topological polar surface area (TPSA) is 37.8 Å². The fourth-order valence-electron chi connectivity index (χ4n) is 1.86. The minimum absolute atomic E-state index is 0.150. The summed E-state index contributed by atoms with van der Waals surface area (Å²) in [4.78, 5) is 5.36. The number of nitrogens with one attached hydrogen (secondary N) is 1. The van der Waals surface area contributed by atoms with Crippen LogP contribution in [0.15, 0.2) is 27.4 Å². The van der Waals surface area contributed by atoms with E-state index in [1.165, 1.54) is 42.2 Å². The summed E-state index contributed by atoms with van der Waals surface area (Å²) in [5.74, 6) is 0.704. The third-order valence-corrected chi connectivity index (χ3v) is 5.08. The lowest BCUT2D eigenvalue weighted by molar-refractivity contribution is 0.579. The normalized spacial score (nSPS) is 14.7. The molecule has 3 nitrogen and oxygen atoms in total. The lowest BCUT2D eigenvalue weighted by atomic mass is 10.2. The van der Waals surface area contributed by atoms with Gasteiger partial charge >= 0.3 is 0 Å². The first-order valence-corrected chi connectivity index (χ1v) is 8.36. The Morgan fingerprint density at radius 3 is 3.00 bits per heavy atom. The third-order valence-electron chi connectivity index (χ3n) is 3.18. The van der Waals surface area contributed by atoms with Crippen LogP contribution in [0, 0.1) is 5.82 Å². The van der Waals surface area contributed by atoms with Gasteiger partial charge in [-0.15, -0.1) is 0 Å². The van der Waals surface area contributed by atoms with Gasteiger partial charge in [0.05, 0.1) is 0 Å². The molecule has 1 aliphatic carbocycles. The first-order chi connectivity index (χ1) is 9.76. The van der Waals surface area contributed by atoms with Crippen LogP contribution in [-0.4, -0.2) is 15.4 Å². The molecule has 0 aliphatic heterocycles. The molecular formula is C14H16FN3S2. The highest BCUT2D eigenvalue weighted by molar-refractivity contribution is 8.01. The summed E-state index contributed by atoms with van der Waals surface area (Å²) < 4.78 is 19.2. The van der Waals surface area contributed by atoms with E-state index in [4.69, 9.17) is 0 Å². The maximum atomic E-state index is 14.0. The van der Waals surface area contributed by atoms with Gasteiger partial charge in [-0.25, -0.2) is 9.37 Å². The molecule has 20 heavy (non-hydrogen) atoms. The standard InChI is InChI=1S/C14H16FN3S2/c1-2-13-17-14(20-18-13)19-12-5-3-4-11(15)10(12)8-16-9-6-7-9/h3-5,9,16H,2,6-8H2,1H3. The summed E-state index contributed by atoms with van der Waals surface area (Å²) in [5.41, 5.74) is 0.734. The van der Waals surface area contributed by atoms with Crippen molar-refractivity contribution < 1.29 is 4.39 Å². The molecule has 3 rings (SSSR count). The van der Waals surface area contributed by atoms with Crippen LogP contribution in [-0.2, 0) is 13.0 Å². The monoisotopic (exact) mass is 309 g/mol. The summed E-state index contributed by atoms with van der Waals surface area (Å²) in [6.45, 7) is 2.61. The van der Waals surface area contributed by atoms with Gasteiger partial charge in [0.25, 0.3) is 0 Å². The molecule has 0 spiro atoms. The maximum Gasteiger partial charge on any atom is 0.174 e. The van der Waals surface area contributed by atoms with Crippen molar-refractivity contribution in [1.29, 1.82) is 0 Å². The van der Waals surface area contributed by atoms with Crippen molar-refractivity contribution in [3.05, 3.63) is 35.4 Å². The van der Waals surface area contributed by atoms with Crippen molar-refractivity contribution in [2.45, 2.75) is 48.0 Å². The van der Waals surface area contributed by atoms with Crippen LogP contribution in [0.25, 0.3) is 0 Å². The highest BCUT2D eigenvalue weighted by atomic mass is 32.2. The van der Waals surface area contributed by atoms with Crippen LogP contribution in [0.1, 0.15) is 31.2 Å². The van der Waals surface area contributed by atoms with E-state index < -0.39 is 0 Å². The number of aryl methyl sites for hydroxylation is 1. The van der Waals surface area contributed by atoms with Crippen molar-refractivity contribution in [3.63, 3.8) is 0 Å². The Labute approximate surface area is 126 Å². The molecular weight excluding hydrogens is 293 g/mol. The molecule has 0 saturated heterocycles. The average Bonchev–Trinajstić information content (AvgIpc) is 3.16. The lowest BCUT2D eigenvalue weighted by Crippen LogP contribution is -2.16.